The van der Waals surface area contributed by atoms with Gasteiger partial charge in [0.15, 0.2) is 12.6 Å². The second-order valence-corrected chi connectivity index (χ2v) is 9.71. The van der Waals surface area contributed by atoms with Crippen LogP contribution in [-0.2, 0) is 11.2 Å². The summed E-state index contributed by atoms with van der Waals surface area (Å²) in [4.78, 5) is 19.0. The SMILES string of the molecule is CCNC(=NCCc1ccc(OCC(=O)NC2CC2)cc1)N1CCSC(C(C)C)C1.I. The first-order chi connectivity index (χ1) is 14.5. The highest BCUT2D eigenvalue weighted by Crippen LogP contribution is 2.25. The van der Waals surface area contributed by atoms with Gasteiger partial charge in [-0.3, -0.25) is 9.79 Å². The van der Waals surface area contributed by atoms with Crippen LogP contribution in [0.4, 0.5) is 0 Å². The molecule has 6 nitrogen and oxygen atoms in total. The molecule has 0 spiro atoms. The van der Waals surface area contributed by atoms with Crippen LogP contribution in [0.5, 0.6) is 5.75 Å². The van der Waals surface area contributed by atoms with E-state index in [9.17, 15) is 4.79 Å². The van der Waals surface area contributed by atoms with Crippen LogP contribution in [-0.4, -0.2) is 66.6 Å². The molecule has 1 aliphatic heterocycles. The van der Waals surface area contributed by atoms with E-state index in [0.29, 0.717) is 17.2 Å². The average molecular weight is 561 g/mol. The fraction of sp³-hybridized carbons (Fsp3) is 0.652. The van der Waals surface area contributed by atoms with Gasteiger partial charge < -0.3 is 20.3 Å². The lowest BCUT2D eigenvalue weighted by molar-refractivity contribution is -0.123. The quantitative estimate of drug-likeness (QED) is 0.275. The molecule has 31 heavy (non-hydrogen) atoms. The van der Waals surface area contributed by atoms with Crippen LogP contribution in [0.25, 0.3) is 0 Å². The fourth-order valence-corrected chi connectivity index (χ4v) is 4.68. The summed E-state index contributed by atoms with van der Waals surface area (Å²) in [6, 6.07) is 8.36. The molecule has 0 radical (unpaired) electrons. The van der Waals surface area contributed by atoms with Gasteiger partial charge in [0, 0.05) is 43.2 Å². The molecule has 1 unspecified atom stereocenters. The van der Waals surface area contributed by atoms with Crippen molar-refractivity contribution in [3.63, 3.8) is 0 Å². The standard InChI is InChI=1S/C23H36N4O2S.HI/c1-4-24-23(27-13-14-30-21(15-27)17(2)3)25-12-11-18-5-9-20(10-6-18)29-16-22(28)26-19-7-8-19;/h5-6,9-10,17,19,21H,4,7-8,11-16H2,1-3H3,(H,24,25)(H,26,28);1H. The molecule has 1 saturated carbocycles. The number of ether oxygens (including phenoxy) is 1. The molecule has 0 bridgehead atoms. The van der Waals surface area contributed by atoms with Crippen molar-refractivity contribution in [2.75, 3.05) is 38.5 Å². The van der Waals surface area contributed by atoms with E-state index in [4.69, 9.17) is 9.73 Å². The Morgan fingerprint density at radius 3 is 2.68 bits per heavy atom. The Hall–Kier alpha value is -1.16. The highest BCUT2D eigenvalue weighted by atomic mass is 127. The van der Waals surface area contributed by atoms with E-state index in [1.54, 1.807) is 0 Å². The third-order valence-electron chi connectivity index (χ3n) is 5.37. The molecule has 2 fully saturated rings. The first-order valence-corrected chi connectivity index (χ1v) is 12.3. The molecular formula is C23H37IN4O2S. The molecule has 1 saturated heterocycles. The van der Waals surface area contributed by atoms with Gasteiger partial charge in [-0.1, -0.05) is 26.0 Å². The Balaban J connectivity index is 0.00000341. The second kappa shape index (κ2) is 13.4. The second-order valence-electron chi connectivity index (χ2n) is 8.36. The third-order valence-corrected chi connectivity index (χ3v) is 6.91. The number of hydrogen-bond acceptors (Lipinski definition) is 4. The third kappa shape index (κ3) is 9.08. The Bertz CT molecular complexity index is 710. The monoisotopic (exact) mass is 560 g/mol. The summed E-state index contributed by atoms with van der Waals surface area (Å²) >= 11 is 2.08. The van der Waals surface area contributed by atoms with Gasteiger partial charge in [0.05, 0.1) is 0 Å². The molecule has 0 aromatic heterocycles. The van der Waals surface area contributed by atoms with Crippen molar-refractivity contribution in [3.05, 3.63) is 29.8 Å². The molecule has 1 atom stereocenters. The summed E-state index contributed by atoms with van der Waals surface area (Å²) in [6.07, 6.45) is 3.06. The van der Waals surface area contributed by atoms with E-state index in [-0.39, 0.29) is 36.5 Å². The van der Waals surface area contributed by atoms with Crippen molar-refractivity contribution in [3.8, 4) is 5.75 Å². The van der Waals surface area contributed by atoms with Gasteiger partial charge in [-0.15, -0.1) is 24.0 Å². The summed E-state index contributed by atoms with van der Waals surface area (Å²) in [5.41, 5.74) is 1.22. The van der Waals surface area contributed by atoms with E-state index < -0.39 is 0 Å². The number of hydrogen-bond donors (Lipinski definition) is 2. The Kier molecular flexibility index (Phi) is 11.3. The fourth-order valence-electron chi connectivity index (χ4n) is 3.39. The lowest BCUT2D eigenvalue weighted by Gasteiger charge is -2.36. The summed E-state index contributed by atoms with van der Waals surface area (Å²) in [5.74, 6) is 3.56. The van der Waals surface area contributed by atoms with Gasteiger partial charge in [0.2, 0.25) is 0 Å². The van der Waals surface area contributed by atoms with Crippen molar-refractivity contribution in [2.45, 2.75) is 51.3 Å². The van der Waals surface area contributed by atoms with Gasteiger partial charge in [-0.25, -0.2) is 0 Å². The molecule has 1 amide bonds. The summed E-state index contributed by atoms with van der Waals surface area (Å²) in [5, 5.41) is 7.06. The molecule has 8 heteroatoms. The van der Waals surface area contributed by atoms with E-state index in [2.05, 4.69) is 60.2 Å². The van der Waals surface area contributed by atoms with Crippen molar-refractivity contribution in [1.29, 1.82) is 0 Å². The van der Waals surface area contributed by atoms with Crippen molar-refractivity contribution in [1.82, 2.24) is 15.5 Å². The smallest absolute Gasteiger partial charge is 0.258 e. The van der Waals surface area contributed by atoms with Gasteiger partial charge in [0.1, 0.15) is 5.75 Å². The average Bonchev–Trinajstić information content (AvgIpc) is 3.56. The predicted molar refractivity (Wildman–Crippen MR) is 141 cm³/mol. The van der Waals surface area contributed by atoms with Crippen LogP contribution < -0.4 is 15.4 Å². The maximum absolute atomic E-state index is 11.7. The van der Waals surface area contributed by atoms with E-state index in [1.807, 2.05) is 12.1 Å². The topological polar surface area (TPSA) is 66.0 Å². The minimum Gasteiger partial charge on any atom is -0.484 e. The number of rotatable bonds is 9. The van der Waals surface area contributed by atoms with Crippen LogP contribution in [0.2, 0.25) is 0 Å². The first kappa shape index (κ1) is 26.1. The molecule has 174 valence electrons. The molecular weight excluding hydrogens is 523 g/mol. The highest BCUT2D eigenvalue weighted by molar-refractivity contribution is 14.0. The molecule has 3 rings (SSSR count). The minimum atomic E-state index is -0.0392. The van der Waals surface area contributed by atoms with Gasteiger partial charge in [0.25, 0.3) is 5.91 Å². The van der Waals surface area contributed by atoms with E-state index in [1.165, 1.54) is 5.56 Å². The van der Waals surface area contributed by atoms with Crippen molar-refractivity contribution in [2.24, 2.45) is 10.9 Å². The number of guanidine groups is 1. The lowest BCUT2D eigenvalue weighted by atomic mass is 10.1. The minimum absolute atomic E-state index is 0. The van der Waals surface area contributed by atoms with E-state index >= 15 is 0 Å². The van der Waals surface area contributed by atoms with Crippen LogP contribution in [0, 0.1) is 5.92 Å². The van der Waals surface area contributed by atoms with Crippen LogP contribution in [0.1, 0.15) is 39.2 Å². The maximum Gasteiger partial charge on any atom is 0.258 e. The van der Waals surface area contributed by atoms with Gasteiger partial charge in [-0.2, -0.15) is 11.8 Å². The van der Waals surface area contributed by atoms with Crippen molar-refractivity contribution < 1.29 is 9.53 Å². The number of nitrogens with zero attached hydrogens (tertiary/aromatic N) is 2. The van der Waals surface area contributed by atoms with Crippen LogP contribution in [0.15, 0.2) is 29.3 Å². The molecule has 2 aliphatic rings. The Labute approximate surface area is 208 Å². The zero-order valence-electron chi connectivity index (χ0n) is 18.9. The molecule has 1 heterocycles. The van der Waals surface area contributed by atoms with Crippen molar-refractivity contribution >= 4 is 47.6 Å². The number of benzene rings is 1. The Morgan fingerprint density at radius 1 is 1.29 bits per heavy atom. The lowest BCUT2D eigenvalue weighted by Crippen LogP contribution is -2.49. The van der Waals surface area contributed by atoms with Gasteiger partial charge >= 0.3 is 0 Å². The number of aliphatic imine (C=N–C) groups is 1. The van der Waals surface area contributed by atoms with E-state index in [0.717, 1.165) is 62.9 Å². The van der Waals surface area contributed by atoms with Crippen LogP contribution >= 0.6 is 35.7 Å². The number of amides is 1. The van der Waals surface area contributed by atoms with Crippen LogP contribution in [0.3, 0.4) is 0 Å². The summed E-state index contributed by atoms with van der Waals surface area (Å²) in [7, 11) is 0. The molecule has 1 aromatic carbocycles. The largest absolute Gasteiger partial charge is 0.484 e. The Morgan fingerprint density at radius 2 is 2.03 bits per heavy atom. The first-order valence-electron chi connectivity index (χ1n) is 11.2. The zero-order chi connectivity index (χ0) is 21.3. The normalized spacial score (nSPS) is 19.0. The molecule has 1 aliphatic carbocycles. The zero-order valence-corrected chi connectivity index (χ0v) is 22.1. The molecule has 2 N–H and O–H groups in total. The molecule has 1 aromatic rings. The highest BCUT2D eigenvalue weighted by Gasteiger charge is 2.25. The number of carbonyl (C=O) groups is 1. The number of halogens is 1. The number of thioether (sulfide) groups is 1. The number of nitrogens with one attached hydrogen (secondary N) is 2. The summed E-state index contributed by atoms with van der Waals surface area (Å²) in [6.45, 7) is 10.6. The predicted octanol–water partition coefficient (Wildman–Crippen LogP) is 3.54. The van der Waals surface area contributed by atoms with Gasteiger partial charge in [-0.05, 0) is 49.8 Å². The maximum atomic E-state index is 11.7. The summed E-state index contributed by atoms with van der Waals surface area (Å²) < 4.78 is 5.58. The number of carbonyl (C=O) groups excluding carboxylic acids is 1.